The fraction of sp³-hybridized carbons (Fsp3) is 0.471. The Hall–Kier alpha value is -2.61. The van der Waals surface area contributed by atoms with Gasteiger partial charge in [0.1, 0.15) is 17.9 Å². The summed E-state index contributed by atoms with van der Waals surface area (Å²) in [4.78, 5) is 36.8. The fourth-order valence-electron chi connectivity index (χ4n) is 2.20. The number of benzene rings is 1. The molecular weight excluding hydrogens is 330 g/mol. The number of ether oxygens (including phenoxy) is 3. The predicted octanol–water partition coefficient (Wildman–Crippen LogP) is 1.22. The van der Waals surface area contributed by atoms with Crippen LogP contribution in [-0.4, -0.2) is 54.4 Å². The van der Waals surface area contributed by atoms with E-state index in [1.807, 2.05) is 0 Å². The van der Waals surface area contributed by atoms with E-state index in [0.29, 0.717) is 11.4 Å². The van der Waals surface area contributed by atoms with E-state index in [2.05, 4.69) is 0 Å². The van der Waals surface area contributed by atoms with Crippen molar-refractivity contribution in [3.8, 4) is 5.75 Å². The van der Waals surface area contributed by atoms with Crippen LogP contribution in [0.3, 0.4) is 0 Å². The van der Waals surface area contributed by atoms with Gasteiger partial charge in [-0.2, -0.15) is 0 Å². The minimum Gasteiger partial charge on any atom is -0.497 e. The molecule has 2 rings (SSSR count). The van der Waals surface area contributed by atoms with Crippen molar-refractivity contribution in [3.63, 3.8) is 0 Å². The minimum atomic E-state index is -1.22. The largest absolute Gasteiger partial charge is 0.497 e. The lowest BCUT2D eigenvalue weighted by Crippen LogP contribution is -2.41. The summed E-state index contributed by atoms with van der Waals surface area (Å²) in [6.07, 6.45) is -2.30. The van der Waals surface area contributed by atoms with Crippen LogP contribution in [0.15, 0.2) is 24.3 Å². The van der Waals surface area contributed by atoms with E-state index in [9.17, 15) is 14.4 Å². The van der Waals surface area contributed by atoms with Gasteiger partial charge in [0.2, 0.25) is 0 Å². The molecule has 0 aliphatic carbocycles. The molecule has 1 aromatic rings. The van der Waals surface area contributed by atoms with Crippen LogP contribution >= 0.6 is 0 Å². The van der Waals surface area contributed by atoms with Crippen molar-refractivity contribution >= 4 is 23.5 Å². The third-order valence-corrected chi connectivity index (χ3v) is 3.34. The molecule has 0 aromatic heterocycles. The number of carbonyl (C=O) groups is 3. The fourth-order valence-corrected chi connectivity index (χ4v) is 2.20. The number of hydrogen-bond acceptors (Lipinski definition) is 6. The van der Waals surface area contributed by atoms with Gasteiger partial charge in [-0.25, -0.2) is 4.79 Å². The topological polar surface area (TPSA) is 106 Å². The SMILES string of the molecule is COc1ccc(N(CC(=O)OC(C)(C)C)C(=O)[C@@H]2O[C@H]2C(=O)O)cc1. The van der Waals surface area contributed by atoms with Crippen LogP contribution < -0.4 is 9.64 Å². The average molecular weight is 351 g/mol. The van der Waals surface area contributed by atoms with Gasteiger partial charge in [0.15, 0.2) is 12.2 Å². The Morgan fingerprint density at radius 1 is 1.16 bits per heavy atom. The molecule has 0 bridgehead atoms. The zero-order valence-corrected chi connectivity index (χ0v) is 14.5. The maximum Gasteiger partial charge on any atom is 0.336 e. The smallest absolute Gasteiger partial charge is 0.336 e. The van der Waals surface area contributed by atoms with E-state index in [4.69, 9.17) is 19.3 Å². The summed E-state index contributed by atoms with van der Waals surface area (Å²) in [5.74, 6) is -1.85. The van der Waals surface area contributed by atoms with Gasteiger partial charge in [-0.3, -0.25) is 14.5 Å². The number of methoxy groups -OCH3 is 1. The Bertz CT molecular complexity index is 663. The van der Waals surface area contributed by atoms with Crippen molar-refractivity contribution in [1.82, 2.24) is 0 Å². The molecule has 136 valence electrons. The van der Waals surface area contributed by atoms with Crippen LogP contribution in [0.2, 0.25) is 0 Å². The number of carboxylic acids is 1. The lowest BCUT2D eigenvalue weighted by Gasteiger charge is -2.25. The molecule has 1 aliphatic rings. The van der Waals surface area contributed by atoms with Gasteiger partial charge in [0, 0.05) is 5.69 Å². The monoisotopic (exact) mass is 351 g/mol. The highest BCUT2D eigenvalue weighted by Crippen LogP contribution is 2.28. The van der Waals surface area contributed by atoms with Gasteiger partial charge < -0.3 is 19.3 Å². The summed E-state index contributed by atoms with van der Waals surface area (Å²) < 4.78 is 15.2. The maximum absolute atomic E-state index is 12.6. The predicted molar refractivity (Wildman–Crippen MR) is 87.5 cm³/mol. The van der Waals surface area contributed by atoms with Crippen LogP contribution in [0.5, 0.6) is 5.75 Å². The van der Waals surface area contributed by atoms with Gasteiger partial charge in [-0.05, 0) is 45.0 Å². The first-order valence-corrected chi connectivity index (χ1v) is 7.68. The average Bonchev–Trinajstić information content (AvgIpc) is 3.31. The number of esters is 1. The molecule has 1 amide bonds. The second-order valence-corrected chi connectivity index (χ2v) is 6.52. The Kier molecular flexibility index (Phi) is 5.32. The van der Waals surface area contributed by atoms with Gasteiger partial charge in [-0.15, -0.1) is 0 Å². The number of rotatable bonds is 6. The molecule has 0 spiro atoms. The molecule has 8 nitrogen and oxygen atoms in total. The van der Waals surface area contributed by atoms with Crippen molar-refractivity contribution in [2.45, 2.75) is 38.6 Å². The number of aliphatic carboxylic acids is 1. The summed E-state index contributed by atoms with van der Waals surface area (Å²) in [6.45, 7) is 4.80. The third-order valence-electron chi connectivity index (χ3n) is 3.34. The molecule has 25 heavy (non-hydrogen) atoms. The molecule has 0 saturated carbocycles. The summed E-state index contributed by atoms with van der Waals surface area (Å²) >= 11 is 0. The van der Waals surface area contributed by atoms with Crippen molar-refractivity contribution in [2.75, 3.05) is 18.6 Å². The summed E-state index contributed by atoms with van der Waals surface area (Å²) in [7, 11) is 1.51. The molecule has 1 saturated heterocycles. The van der Waals surface area contributed by atoms with Crippen molar-refractivity contribution in [3.05, 3.63) is 24.3 Å². The van der Waals surface area contributed by atoms with Crippen LogP contribution in [-0.2, 0) is 23.9 Å². The van der Waals surface area contributed by atoms with Crippen molar-refractivity contribution in [2.24, 2.45) is 0 Å². The molecule has 0 radical (unpaired) electrons. The van der Waals surface area contributed by atoms with Gasteiger partial charge in [-0.1, -0.05) is 0 Å². The number of nitrogens with zero attached hydrogens (tertiary/aromatic N) is 1. The molecule has 2 atom stereocenters. The molecule has 1 fully saturated rings. The van der Waals surface area contributed by atoms with Gasteiger partial charge in [0.25, 0.3) is 5.91 Å². The zero-order chi connectivity index (χ0) is 18.8. The van der Waals surface area contributed by atoms with Crippen LogP contribution in [0.25, 0.3) is 0 Å². The molecule has 0 unspecified atom stereocenters. The minimum absolute atomic E-state index is 0.353. The summed E-state index contributed by atoms with van der Waals surface area (Å²) in [6, 6.07) is 6.46. The van der Waals surface area contributed by atoms with Crippen molar-refractivity contribution in [1.29, 1.82) is 0 Å². The second-order valence-electron chi connectivity index (χ2n) is 6.52. The Morgan fingerprint density at radius 2 is 1.76 bits per heavy atom. The molecule has 1 heterocycles. The van der Waals surface area contributed by atoms with E-state index in [-0.39, 0.29) is 6.54 Å². The Labute approximate surface area is 145 Å². The van der Waals surface area contributed by atoms with Gasteiger partial charge in [0.05, 0.1) is 7.11 Å². The zero-order valence-electron chi connectivity index (χ0n) is 14.5. The number of carboxylic acid groups (broad SMARTS) is 1. The van der Waals surface area contributed by atoms with Gasteiger partial charge >= 0.3 is 11.9 Å². The first-order chi connectivity index (χ1) is 11.6. The van der Waals surface area contributed by atoms with Crippen LogP contribution in [0.4, 0.5) is 5.69 Å². The number of anilines is 1. The third kappa shape index (κ3) is 4.93. The summed E-state index contributed by atoms with van der Waals surface area (Å²) in [5.41, 5.74) is -0.290. The van der Waals surface area contributed by atoms with E-state index in [1.54, 1.807) is 45.0 Å². The lowest BCUT2D eigenvalue weighted by atomic mass is 10.2. The highest BCUT2D eigenvalue weighted by atomic mass is 16.6. The van der Waals surface area contributed by atoms with Crippen LogP contribution in [0, 0.1) is 0 Å². The van der Waals surface area contributed by atoms with E-state index in [0.717, 1.165) is 4.90 Å². The second kappa shape index (κ2) is 7.10. The maximum atomic E-state index is 12.6. The molecule has 1 aromatic carbocycles. The molecule has 8 heteroatoms. The van der Waals surface area contributed by atoms with E-state index >= 15 is 0 Å². The number of carbonyl (C=O) groups excluding carboxylic acids is 2. The normalized spacial score (nSPS) is 19.0. The molecule has 1 aliphatic heterocycles. The first-order valence-electron chi connectivity index (χ1n) is 7.68. The number of hydrogen-bond donors (Lipinski definition) is 1. The number of epoxide rings is 1. The molecular formula is C17H21NO7. The quantitative estimate of drug-likeness (QED) is 0.607. The Balaban J connectivity index is 2.20. The van der Waals surface area contributed by atoms with Crippen LogP contribution in [0.1, 0.15) is 20.8 Å². The molecule has 1 N–H and O–H groups in total. The lowest BCUT2D eigenvalue weighted by molar-refractivity contribution is -0.153. The highest BCUT2D eigenvalue weighted by Gasteiger charge is 2.52. The Morgan fingerprint density at radius 3 is 2.20 bits per heavy atom. The highest BCUT2D eigenvalue weighted by molar-refractivity contribution is 6.04. The van der Waals surface area contributed by atoms with E-state index < -0.39 is 35.7 Å². The number of amides is 1. The first kappa shape index (κ1) is 18.7. The summed E-state index contributed by atoms with van der Waals surface area (Å²) in [5, 5.41) is 8.92. The van der Waals surface area contributed by atoms with E-state index in [1.165, 1.54) is 7.11 Å². The standard InChI is InChI=1S/C17H21NO7/c1-17(2,3)25-12(19)9-18(10-5-7-11(23-4)8-6-10)15(20)13-14(24-13)16(21)22/h5-8,13-14H,9H2,1-4H3,(H,21,22)/t13-,14-/m1/s1. The van der Waals surface area contributed by atoms with Crippen molar-refractivity contribution < 1.29 is 33.7 Å².